The SMILES string of the molecule is c1ccc(-c2ccc(-c3c4ccccc4c(-n4c5ccc6ccccc6c5c5c6c7ccccc7n(-c7ccccc7)c6ccc54)c4ccccc34)cc2)cc1. The van der Waals surface area contributed by atoms with Gasteiger partial charge in [-0.25, -0.2) is 0 Å². The summed E-state index contributed by atoms with van der Waals surface area (Å²) in [4.78, 5) is 0. The number of aromatic nitrogens is 2. The molecule has 2 nitrogen and oxygen atoms in total. The second-order valence-corrected chi connectivity index (χ2v) is 14.8. The third kappa shape index (κ3) is 4.38. The highest BCUT2D eigenvalue weighted by atomic mass is 15.0. The lowest BCUT2D eigenvalue weighted by Crippen LogP contribution is -1.99. The molecule has 0 radical (unpaired) electrons. The van der Waals surface area contributed by atoms with Crippen LogP contribution in [0.3, 0.4) is 0 Å². The molecule has 0 aliphatic carbocycles. The van der Waals surface area contributed by atoms with Gasteiger partial charge in [0.25, 0.3) is 0 Å². The summed E-state index contributed by atoms with van der Waals surface area (Å²) >= 11 is 0. The second-order valence-electron chi connectivity index (χ2n) is 14.8. The molecule has 0 spiro atoms. The van der Waals surface area contributed by atoms with E-state index in [-0.39, 0.29) is 0 Å². The van der Waals surface area contributed by atoms with Crippen LogP contribution in [0.2, 0.25) is 0 Å². The zero-order valence-electron chi connectivity index (χ0n) is 30.5. The van der Waals surface area contributed by atoms with E-state index in [0.717, 1.165) is 5.69 Å². The van der Waals surface area contributed by atoms with Gasteiger partial charge in [0.15, 0.2) is 0 Å². The number of para-hydroxylation sites is 2. The van der Waals surface area contributed by atoms with Crippen molar-refractivity contribution in [2.75, 3.05) is 0 Å². The minimum absolute atomic E-state index is 1.16. The Hall–Kier alpha value is -7.42. The van der Waals surface area contributed by atoms with E-state index in [0.29, 0.717) is 0 Å². The Morgan fingerprint density at radius 2 is 0.714 bits per heavy atom. The van der Waals surface area contributed by atoms with Crippen LogP contribution in [0.5, 0.6) is 0 Å². The van der Waals surface area contributed by atoms with E-state index in [1.807, 2.05) is 0 Å². The van der Waals surface area contributed by atoms with E-state index < -0.39 is 0 Å². The third-order valence-corrected chi connectivity index (χ3v) is 11.9. The molecule has 10 aromatic carbocycles. The molecule has 0 fully saturated rings. The molecule has 0 aliphatic heterocycles. The predicted molar refractivity (Wildman–Crippen MR) is 239 cm³/mol. The molecule has 0 unspecified atom stereocenters. The van der Waals surface area contributed by atoms with Gasteiger partial charge in [0.2, 0.25) is 0 Å². The first-order valence-corrected chi connectivity index (χ1v) is 19.4. The third-order valence-electron chi connectivity index (χ3n) is 11.9. The summed E-state index contributed by atoms with van der Waals surface area (Å²) in [7, 11) is 0. The van der Waals surface area contributed by atoms with Crippen LogP contribution in [0.15, 0.2) is 206 Å². The molecule has 0 amide bonds. The van der Waals surface area contributed by atoms with E-state index in [1.54, 1.807) is 0 Å². The van der Waals surface area contributed by atoms with Crippen molar-refractivity contribution in [3.63, 3.8) is 0 Å². The predicted octanol–water partition coefficient (Wildman–Crippen LogP) is 14.7. The van der Waals surface area contributed by atoms with E-state index >= 15 is 0 Å². The summed E-state index contributed by atoms with van der Waals surface area (Å²) in [6.45, 7) is 0. The van der Waals surface area contributed by atoms with Crippen molar-refractivity contribution in [3.8, 4) is 33.6 Å². The first-order chi connectivity index (χ1) is 27.8. The van der Waals surface area contributed by atoms with Crippen LogP contribution in [0.25, 0.3) is 110 Å². The molecule has 0 aliphatic rings. The monoisotopic (exact) mass is 710 g/mol. The van der Waals surface area contributed by atoms with Crippen molar-refractivity contribution in [2.45, 2.75) is 0 Å². The molecule has 12 rings (SSSR count). The number of hydrogen-bond donors (Lipinski definition) is 0. The molecule has 2 heterocycles. The number of hydrogen-bond acceptors (Lipinski definition) is 0. The average molecular weight is 711 g/mol. The van der Waals surface area contributed by atoms with Gasteiger partial charge in [-0.15, -0.1) is 0 Å². The lowest BCUT2D eigenvalue weighted by molar-refractivity contribution is 1.18. The van der Waals surface area contributed by atoms with Crippen molar-refractivity contribution in [1.29, 1.82) is 0 Å². The van der Waals surface area contributed by atoms with Crippen LogP contribution in [0.4, 0.5) is 0 Å². The van der Waals surface area contributed by atoms with Crippen LogP contribution in [0, 0.1) is 0 Å². The zero-order chi connectivity index (χ0) is 36.7. The Kier molecular flexibility index (Phi) is 6.66. The fraction of sp³-hybridized carbons (Fsp3) is 0. The van der Waals surface area contributed by atoms with E-state index in [4.69, 9.17) is 0 Å². The fourth-order valence-electron chi connectivity index (χ4n) is 9.54. The summed E-state index contributed by atoms with van der Waals surface area (Å²) in [5, 5.41) is 12.6. The maximum atomic E-state index is 2.57. The van der Waals surface area contributed by atoms with Gasteiger partial charge >= 0.3 is 0 Å². The molecule has 260 valence electrons. The van der Waals surface area contributed by atoms with Gasteiger partial charge in [-0.3, -0.25) is 0 Å². The molecular formula is C54H34N2. The minimum Gasteiger partial charge on any atom is -0.309 e. The number of fused-ring (bicyclic) bond motifs is 11. The normalized spacial score (nSPS) is 11.9. The van der Waals surface area contributed by atoms with Crippen molar-refractivity contribution in [1.82, 2.24) is 9.13 Å². The molecule has 56 heavy (non-hydrogen) atoms. The average Bonchev–Trinajstić information content (AvgIpc) is 3.79. The van der Waals surface area contributed by atoms with E-state index in [1.165, 1.54) is 104 Å². The smallest absolute Gasteiger partial charge is 0.0619 e. The number of rotatable bonds is 4. The summed E-state index contributed by atoms with van der Waals surface area (Å²) in [5.74, 6) is 0. The summed E-state index contributed by atoms with van der Waals surface area (Å²) in [6, 6.07) is 75.6. The van der Waals surface area contributed by atoms with Crippen LogP contribution < -0.4 is 0 Å². The fourth-order valence-corrected chi connectivity index (χ4v) is 9.54. The maximum absolute atomic E-state index is 2.57. The molecule has 0 saturated carbocycles. The van der Waals surface area contributed by atoms with Gasteiger partial charge in [-0.1, -0.05) is 170 Å². The quantitative estimate of drug-likeness (QED) is 0.161. The van der Waals surface area contributed by atoms with Crippen LogP contribution in [-0.4, -0.2) is 9.13 Å². The van der Waals surface area contributed by atoms with Gasteiger partial charge < -0.3 is 9.13 Å². The second kappa shape index (κ2) is 12.0. The Morgan fingerprint density at radius 3 is 1.41 bits per heavy atom. The summed E-state index contributed by atoms with van der Waals surface area (Å²) < 4.78 is 5.00. The Bertz CT molecular complexity index is 3440. The lowest BCUT2D eigenvalue weighted by Gasteiger charge is -2.20. The molecule has 0 bridgehead atoms. The number of benzene rings is 10. The first kappa shape index (κ1) is 31.0. The highest BCUT2D eigenvalue weighted by molar-refractivity contribution is 6.34. The summed E-state index contributed by atoms with van der Waals surface area (Å²) in [5.41, 5.74) is 12.1. The van der Waals surface area contributed by atoms with Crippen molar-refractivity contribution >= 4 is 75.9 Å². The van der Waals surface area contributed by atoms with Crippen molar-refractivity contribution in [2.24, 2.45) is 0 Å². The molecule has 0 N–H and O–H groups in total. The molecule has 0 saturated heterocycles. The highest BCUT2D eigenvalue weighted by Crippen LogP contribution is 2.48. The topological polar surface area (TPSA) is 9.86 Å². The lowest BCUT2D eigenvalue weighted by atomic mass is 9.89. The van der Waals surface area contributed by atoms with Gasteiger partial charge in [0.05, 0.1) is 27.8 Å². The van der Waals surface area contributed by atoms with Crippen molar-refractivity contribution < 1.29 is 0 Å². The molecule has 12 aromatic rings. The van der Waals surface area contributed by atoms with Crippen LogP contribution >= 0.6 is 0 Å². The van der Waals surface area contributed by atoms with Crippen LogP contribution in [0.1, 0.15) is 0 Å². The number of nitrogens with zero attached hydrogens (tertiary/aromatic N) is 2. The standard InChI is InChI=1S/C54H34N2/c1-3-15-35(16-4-1)36-27-29-38(30-28-36)50-41-21-9-11-23-43(41)54(44-24-12-10-22-42(44)50)56-48-32-31-37-17-7-8-20-40(37)51(48)53-49(56)34-33-47-52(53)45-25-13-14-26-46(45)55(47)39-18-5-2-6-19-39/h1-34H. The van der Waals surface area contributed by atoms with Gasteiger partial charge in [-0.05, 0) is 80.2 Å². The Balaban J connectivity index is 1.24. The molecule has 0 atom stereocenters. The molecule has 2 heteroatoms. The molecule has 2 aromatic heterocycles. The highest BCUT2D eigenvalue weighted by Gasteiger charge is 2.24. The minimum atomic E-state index is 1.16. The van der Waals surface area contributed by atoms with Crippen LogP contribution in [-0.2, 0) is 0 Å². The maximum Gasteiger partial charge on any atom is 0.0619 e. The summed E-state index contributed by atoms with van der Waals surface area (Å²) in [6.07, 6.45) is 0. The van der Waals surface area contributed by atoms with Gasteiger partial charge in [0.1, 0.15) is 0 Å². The van der Waals surface area contributed by atoms with E-state index in [9.17, 15) is 0 Å². The van der Waals surface area contributed by atoms with Crippen molar-refractivity contribution in [3.05, 3.63) is 206 Å². The Morgan fingerprint density at radius 1 is 0.250 bits per heavy atom. The largest absolute Gasteiger partial charge is 0.309 e. The first-order valence-electron chi connectivity index (χ1n) is 19.4. The zero-order valence-corrected chi connectivity index (χ0v) is 30.5. The van der Waals surface area contributed by atoms with Gasteiger partial charge in [0, 0.05) is 38.0 Å². The van der Waals surface area contributed by atoms with Gasteiger partial charge in [-0.2, -0.15) is 0 Å². The Labute approximate surface area is 323 Å². The van der Waals surface area contributed by atoms with E-state index in [2.05, 4.69) is 215 Å². The molecular weight excluding hydrogens is 677 g/mol.